The summed E-state index contributed by atoms with van der Waals surface area (Å²) in [5.41, 5.74) is 0. The van der Waals surface area contributed by atoms with Crippen LogP contribution in [0.25, 0.3) is 0 Å². The average Bonchev–Trinajstić information content (AvgIpc) is 1.94. The summed E-state index contributed by atoms with van der Waals surface area (Å²) in [6, 6.07) is 1.26. The van der Waals surface area contributed by atoms with Gasteiger partial charge in [-0.1, -0.05) is 6.42 Å². The van der Waals surface area contributed by atoms with Crippen LogP contribution in [0.15, 0.2) is 0 Å². The van der Waals surface area contributed by atoms with Gasteiger partial charge in [-0.2, -0.15) is 0 Å². The van der Waals surface area contributed by atoms with E-state index < -0.39 is 0 Å². The predicted molar refractivity (Wildman–Crippen MR) is 46.7 cm³/mol. The summed E-state index contributed by atoms with van der Waals surface area (Å²) in [5, 5.41) is 3.54. The van der Waals surface area contributed by atoms with E-state index in [-0.39, 0.29) is 0 Å². The van der Waals surface area contributed by atoms with Crippen molar-refractivity contribution in [1.29, 1.82) is 0 Å². The van der Waals surface area contributed by atoms with Crippen molar-refractivity contribution in [3.05, 3.63) is 0 Å². The summed E-state index contributed by atoms with van der Waals surface area (Å²) in [7, 11) is 1.77. The maximum atomic E-state index is 5.22. The van der Waals surface area contributed by atoms with Gasteiger partial charge in [0.1, 0.15) is 0 Å². The molecule has 0 heterocycles. The average molecular weight is 157 g/mol. The van der Waals surface area contributed by atoms with Crippen molar-refractivity contribution in [2.24, 2.45) is 0 Å². The van der Waals surface area contributed by atoms with E-state index in [2.05, 4.69) is 19.2 Å². The zero-order valence-corrected chi connectivity index (χ0v) is 7.76. The van der Waals surface area contributed by atoms with Crippen molar-refractivity contribution in [2.75, 3.05) is 7.11 Å². The highest BCUT2D eigenvalue weighted by molar-refractivity contribution is 4.81. The van der Waals surface area contributed by atoms with Crippen molar-refractivity contribution in [3.8, 4) is 0 Å². The highest BCUT2D eigenvalue weighted by Crippen LogP contribution is 2.19. The summed E-state index contributed by atoms with van der Waals surface area (Å²) in [6.45, 7) is 4.29. The van der Waals surface area contributed by atoms with Gasteiger partial charge in [0.2, 0.25) is 0 Å². The fourth-order valence-electron chi connectivity index (χ4n) is 1.29. The molecular formula is C9H19NO. The molecule has 1 aliphatic carbocycles. The third-order valence-electron chi connectivity index (χ3n) is 2.68. The largest absolute Gasteiger partial charge is 0.380 e. The molecule has 2 heteroatoms. The quantitative estimate of drug-likeness (QED) is 0.668. The maximum absolute atomic E-state index is 5.22. The van der Waals surface area contributed by atoms with E-state index >= 15 is 0 Å². The van der Waals surface area contributed by atoms with Crippen LogP contribution in [0.5, 0.6) is 0 Å². The molecule has 0 aromatic carbocycles. The van der Waals surface area contributed by atoms with Crippen LogP contribution >= 0.6 is 0 Å². The van der Waals surface area contributed by atoms with Gasteiger partial charge in [0.05, 0.1) is 6.10 Å². The molecule has 1 N–H and O–H groups in total. The lowest BCUT2D eigenvalue weighted by atomic mass is 9.92. The number of ether oxygens (including phenoxy) is 1. The Kier molecular flexibility index (Phi) is 3.34. The van der Waals surface area contributed by atoms with Crippen LogP contribution in [0.3, 0.4) is 0 Å². The van der Waals surface area contributed by atoms with Crippen molar-refractivity contribution in [2.45, 2.75) is 51.3 Å². The first-order chi connectivity index (χ1) is 5.24. The molecule has 0 aromatic heterocycles. The van der Waals surface area contributed by atoms with E-state index in [1.54, 1.807) is 7.11 Å². The second-order valence-electron chi connectivity index (χ2n) is 3.52. The molecule has 0 aliphatic heterocycles. The highest BCUT2D eigenvalue weighted by atomic mass is 16.5. The molecule has 0 radical (unpaired) electrons. The predicted octanol–water partition coefficient (Wildman–Crippen LogP) is 1.55. The minimum atomic E-state index is 0.329. The normalized spacial score (nSPS) is 24.3. The first-order valence-corrected chi connectivity index (χ1v) is 4.53. The Balaban J connectivity index is 2.13. The molecular weight excluding hydrogens is 138 g/mol. The van der Waals surface area contributed by atoms with E-state index in [1.807, 2.05) is 0 Å². The van der Waals surface area contributed by atoms with Gasteiger partial charge >= 0.3 is 0 Å². The molecule has 0 saturated heterocycles. The molecule has 0 spiro atoms. The van der Waals surface area contributed by atoms with Crippen LogP contribution in [-0.4, -0.2) is 25.3 Å². The third kappa shape index (κ3) is 2.46. The molecule has 11 heavy (non-hydrogen) atoms. The van der Waals surface area contributed by atoms with E-state index in [1.165, 1.54) is 19.3 Å². The van der Waals surface area contributed by atoms with Crippen LogP contribution in [0.4, 0.5) is 0 Å². The first-order valence-electron chi connectivity index (χ1n) is 4.53. The number of rotatable bonds is 4. The van der Waals surface area contributed by atoms with Gasteiger partial charge in [0, 0.05) is 19.2 Å². The van der Waals surface area contributed by atoms with Crippen LogP contribution in [-0.2, 0) is 4.74 Å². The molecule has 1 rings (SSSR count). The third-order valence-corrected chi connectivity index (χ3v) is 2.68. The van der Waals surface area contributed by atoms with Gasteiger partial charge in [-0.25, -0.2) is 0 Å². The zero-order valence-electron chi connectivity index (χ0n) is 7.76. The molecule has 0 amide bonds. The van der Waals surface area contributed by atoms with E-state index in [0.29, 0.717) is 12.1 Å². The lowest BCUT2D eigenvalue weighted by Crippen LogP contribution is -2.46. The second kappa shape index (κ2) is 4.07. The molecule has 1 fully saturated rings. The Morgan fingerprint density at radius 2 is 2.00 bits per heavy atom. The summed E-state index contributed by atoms with van der Waals surface area (Å²) in [5.74, 6) is 0. The fraction of sp³-hybridized carbons (Fsp3) is 1.00. The molecule has 2 unspecified atom stereocenters. The standard InChI is InChI=1S/C9H19NO/c1-7(8(2)11-3)10-9-5-4-6-9/h7-10H,4-6H2,1-3H3. The Morgan fingerprint density at radius 1 is 1.36 bits per heavy atom. The maximum Gasteiger partial charge on any atom is 0.0693 e. The van der Waals surface area contributed by atoms with Crippen LogP contribution in [0, 0.1) is 0 Å². The Labute approximate surface area is 69.3 Å². The Morgan fingerprint density at radius 3 is 2.36 bits per heavy atom. The van der Waals surface area contributed by atoms with Crippen molar-refractivity contribution >= 4 is 0 Å². The van der Waals surface area contributed by atoms with Gasteiger partial charge in [0.25, 0.3) is 0 Å². The van der Waals surface area contributed by atoms with Crippen molar-refractivity contribution in [1.82, 2.24) is 5.32 Å². The van der Waals surface area contributed by atoms with Gasteiger partial charge in [-0.3, -0.25) is 0 Å². The minimum Gasteiger partial charge on any atom is -0.380 e. The monoisotopic (exact) mass is 157 g/mol. The number of hydrogen-bond donors (Lipinski definition) is 1. The second-order valence-corrected chi connectivity index (χ2v) is 3.52. The van der Waals surface area contributed by atoms with E-state index in [4.69, 9.17) is 4.74 Å². The Hall–Kier alpha value is -0.0800. The summed E-state index contributed by atoms with van der Waals surface area (Å²) >= 11 is 0. The van der Waals surface area contributed by atoms with E-state index in [0.717, 1.165) is 6.04 Å². The van der Waals surface area contributed by atoms with Gasteiger partial charge in [-0.15, -0.1) is 0 Å². The summed E-state index contributed by atoms with van der Waals surface area (Å²) < 4.78 is 5.22. The van der Waals surface area contributed by atoms with Gasteiger partial charge < -0.3 is 10.1 Å². The topological polar surface area (TPSA) is 21.3 Å². The highest BCUT2D eigenvalue weighted by Gasteiger charge is 2.21. The smallest absolute Gasteiger partial charge is 0.0693 e. The minimum absolute atomic E-state index is 0.329. The van der Waals surface area contributed by atoms with Crippen molar-refractivity contribution in [3.63, 3.8) is 0 Å². The first kappa shape index (κ1) is 9.01. The lowest BCUT2D eigenvalue weighted by Gasteiger charge is -2.32. The summed E-state index contributed by atoms with van der Waals surface area (Å²) in [6.07, 6.45) is 4.42. The van der Waals surface area contributed by atoms with Gasteiger partial charge in [0.15, 0.2) is 0 Å². The SMILES string of the molecule is COC(C)C(C)NC1CCC1. The molecule has 0 bridgehead atoms. The van der Waals surface area contributed by atoms with Crippen LogP contribution < -0.4 is 5.32 Å². The molecule has 2 atom stereocenters. The molecule has 66 valence electrons. The number of methoxy groups -OCH3 is 1. The molecule has 2 nitrogen and oxygen atoms in total. The molecule has 1 saturated carbocycles. The molecule has 0 aromatic rings. The number of nitrogens with one attached hydrogen (secondary N) is 1. The zero-order chi connectivity index (χ0) is 8.27. The Bertz CT molecular complexity index is 112. The fourth-order valence-corrected chi connectivity index (χ4v) is 1.29. The summed E-state index contributed by atoms with van der Waals surface area (Å²) in [4.78, 5) is 0. The molecule has 1 aliphatic rings. The van der Waals surface area contributed by atoms with Crippen LogP contribution in [0.1, 0.15) is 33.1 Å². The van der Waals surface area contributed by atoms with Crippen molar-refractivity contribution < 1.29 is 4.74 Å². The van der Waals surface area contributed by atoms with Crippen LogP contribution in [0.2, 0.25) is 0 Å². The number of hydrogen-bond acceptors (Lipinski definition) is 2. The lowest BCUT2D eigenvalue weighted by molar-refractivity contribution is 0.0793. The van der Waals surface area contributed by atoms with E-state index in [9.17, 15) is 0 Å². The van der Waals surface area contributed by atoms with Gasteiger partial charge in [-0.05, 0) is 26.7 Å².